The zero-order chi connectivity index (χ0) is 15.0. The molecule has 0 saturated carbocycles. The molecular formula is C13H15F4NO. The fourth-order valence-electron chi connectivity index (χ4n) is 1.47. The van der Waals surface area contributed by atoms with E-state index < -0.39 is 34.8 Å². The Kier molecular flexibility index (Phi) is 4.05. The summed E-state index contributed by atoms with van der Waals surface area (Å²) in [6.45, 7) is 5.09. The number of carbonyl (C=O) groups is 1. The maximum absolute atomic E-state index is 13.1. The molecule has 1 unspecified atom stereocenters. The SMILES string of the molecule is CC(C)(C)C(N)C(=O)c1ccc(F)c(C(F)(F)F)c1. The third-order valence-electron chi connectivity index (χ3n) is 2.77. The molecule has 0 fully saturated rings. The lowest BCUT2D eigenvalue weighted by atomic mass is 9.82. The summed E-state index contributed by atoms with van der Waals surface area (Å²) in [6, 6.07) is 1.19. The maximum Gasteiger partial charge on any atom is 0.419 e. The van der Waals surface area contributed by atoms with Crippen LogP contribution < -0.4 is 5.73 Å². The van der Waals surface area contributed by atoms with E-state index >= 15 is 0 Å². The lowest BCUT2D eigenvalue weighted by Gasteiger charge is -2.25. The lowest BCUT2D eigenvalue weighted by Crippen LogP contribution is -2.42. The predicted octanol–water partition coefficient (Wildman–Crippen LogP) is 3.40. The Bertz CT molecular complexity index is 488. The van der Waals surface area contributed by atoms with E-state index in [1.807, 2.05) is 0 Å². The average molecular weight is 277 g/mol. The lowest BCUT2D eigenvalue weighted by molar-refractivity contribution is -0.140. The van der Waals surface area contributed by atoms with E-state index in [4.69, 9.17) is 5.73 Å². The first-order valence-electron chi connectivity index (χ1n) is 5.61. The normalized spacial score (nSPS) is 14.3. The van der Waals surface area contributed by atoms with Gasteiger partial charge in [-0.3, -0.25) is 4.79 Å². The van der Waals surface area contributed by atoms with Crippen molar-refractivity contribution in [2.45, 2.75) is 33.0 Å². The third kappa shape index (κ3) is 3.53. The number of Topliss-reactive ketones (excluding diaryl/α,β-unsaturated/α-hetero) is 1. The smallest absolute Gasteiger partial charge is 0.321 e. The van der Waals surface area contributed by atoms with Crippen LogP contribution in [0.25, 0.3) is 0 Å². The van der Waals surface area contributed by atoms with Gasteiger partial charge >= 0.3 is 6.18 Å². The quantitative estimate of drug-likeness (QED) is 0.665. The Morgan fingerprint density at radius 1 is 1.21 bits per heavy atom. The number of benzene rings is 1. The molecule has 2 nitrogen and oxygen atoms in total. The molecule has 0 aliphatic carbocycles. The highest BCUT2D eigenvalue weighted by molar-refractivity contribution is 6.00. The number of hydrogen-bond donors (Lipinski definition) is 1. The van der Waals surface area contributed by atoms with E-state index in [1.165, 1.54) is 0 Å². The van der Waals surface area contributed by atoms with Crippen LogP contribution in [0.1, 0.15) is 36.7 Å². The molecule has 0 bridgehead atoms. The van der Waals surface area contributed by atoms with Gasteiger partial charge in [-0.15, -0.1) is 0 Å². The van der Waals surface area contributed by atoms with Crippen molar-refractivity contribution in [1.29, 1.82) is 0 Å². The van der Waals surface area contributed by atoms with Crippen molar-refractivity contribution in [2.24, 2.45) is 11.1 Å². The van der Waals surface area contributed by atoms with Crippen LogP contribution in [0.5, 0.6) is 0 Å². The number of hydrogen-bond acceptors (Lipinski definition) is 2. The van der Waals surface area contributed by atoms with E-state index in [0.29, 0.717) is 12.1 Å². The van der Waals surface area contributed by atoms with Gasteiger partial charge in [0.05, 0.1) is 11.6 Å². The molecule has 1 atom stereocenters. The number of carbonyl (C=O) groups excluding carboxylic acids is 1. The standard InChI is InChI=1S/C13H15F4NO/c1-12(2,3)11(18)10(19)7-4-5-9(14)8(6-7)13(15,16)17/h4-6,11H,18H2,1-3H3. The summed E-state index contributed by atoms with van der Waals surface area (Å²) in [5, 5.41) is 0. The van der Waals surface area contributed by atoms with Crippen LogP contribution in [0.15, 0.2) is 18.2 Å². The van der Waals surface area contributed by atoms with Crippen LogP contribution in [0.2, 0.25) is 0 Å². The molecule has 1 aromatic carbocycles. The maximum atomic E-state index is 13.1. The Labute approximate surface area is 108 Å². The highest BCUT2D eigenvalue weighted by atomic mass is 19.4. The zero-order valence-electron chi connectivity index (χ0n) is 10.8. The second-order valence-electron chi connectivity index (χ2n) is 5.40. The molecule has 0 aromatic heterocycles. The van der Waals surface area contributed by atoms with Crippen molar-refractivity contribution in [3.8, 4) is 0 Å². The summed E-state index contributed by atoms with van der Waals surface area (Å²) in [6.07, 6.45) is -4.84. The molecule has 0 aliphatic heterocycles. The number of rotatable bonds is 2. The van der Waals surface area contributed by atoms with Crippen molar-refractivity contribution in [2.75, 3.05) is 0 Å². The molecule has 0 aliphatic rings. The molecule has 1 rings (SSSR count). The van der Waals surface area contributed by atoms with E-state index in [2.05, 4.69) is 0 Å². The van der Waals surface area contributed by atoms with Gasteiger partial charge < -0.3 is 5.73 Å². The molecule has 0 amide bonds. The Morgan fingerprint density at radius 2 is 1.74 bits per heavy atom. The van der Waals surface area contributed by atoms with E-state index in [-0.39, 0.29) is 5.56 Å². The molecule has 6 heteroatoms. The Balaban J connectivity index is 3.21. The molecule has 0 radical (unpaired) electrons. The Morgan fingerprint density at radius 3 is 2.16 bits per heavy atom. The topological polar surface area (TPSA) is 43.1 Å². The van der Waals surface area contributed by atoms with Crippen LogP contribution in [0, 0.1) is 11.2 Å². The monoisotopic (exact) mass is 277 g/mol. The van der Waals surface area contributed by atoms with Gasteiger partial charge in [0, 0.05) is 5.56 Å². The first-order valence-corrected chi connectivity index (χ1v) is 5.61. The molecule has 106 valence electrons. The second-order valence-corrected chi connectivity index (χ2v) is 5.40. The number of nitrogens with two attached hydrogens (primary N) is 1. The van der Waals surface area contributed by atoms with Gasteiger partial charge in [-0.2, -0.15) is 13.2 Å². The molecule has 0 saturated heterocycles. The molecule has 1 aromatic rings. The van der Waals surface area contributed by atoms with Crippen LogP contribution in [0.3, 0.4) is 0 Å². The summed E-state index contributed by atoms with van der Waals surface area (Å²) in [5.74, 6) is -2.05. The highest BCUT2D eigenvalue weighted by Crippen LogP contribution is 2.32. The minimum atomic E-state index is -4.84. The summed E-state index contributed by atoms with van der Waals surface area (Å²) in [5.41, 5.74) is 3.41. The van der Waals surface area contributed by atoms with Gasteiger partial charge in [-0.05, 0) is 23.6 Å². The highest BCUT2D eigenvalue weighted by Gasteiger charge is 2.36. The summed E-state index contributed by atoms with van der Waals surface area (Å²) >= 11 is 0. The van der Waals surface area contributed by atoms with Gasteiger partial charge in [0.2, 0.25) is 0 Å². The molecule has 19 heavy (non-hydrogen) atoms. The molecule has 0 spiro atoms. The van der Waals surface area contributed by atoms with Crippen LogP contribution in [-0.4, -0.2) is 11.8 Å². The Hall–Kier alpha value is -1.43. The van der Waals surface area contributed by atoms with Crippen LogP contribution in [-0.2, 0) is 6.18 Å². The van der Waals surface area contributed by atoms with E-state index in [1.54, 1.807) is 20.8 Å². The van der Waals surface area contributed by atoms with Gasteiger partial charge in [-0.25, -0.2) is 4.39 Å². The molecule has 2 N–H and O–H groups in total. The van der Waals surface area contributed by atoms with Crippen molar-refractivity contribution < 1.29 is 22.4 Å². The second kappa shape index (κ2) is 4.92. The van der Waals surface area contributed by atoms with Gasteiger partial charge in [0.15, 0.2) is 5.78 Å². The minimum absolute atomic E-state index is 0.240. The summed E-state index contributed by atoms with van der Waals surface area (Å²) in [4.78, 5) is 12.0. The fraction of sp³-hybridized carbons (Fsp3) is 0.462. The van der Waals surface area contributed by atoms with Crippen molar-refractivity contribution in [1.82, 2.24) is 0 Å². The third-order valence-corrected chi connectivity index (χ3v) is 2.77. The first-order chi connectivity index (χ1) is 8.44. The molecular weight excluding hydrogens is 262 g/mol. The molecule has 0 heterocycles. The zero-order valence-corrected chi connectivity index (χ0v) is 10.8. The first kappa shape index (κ1) is 15.6. The summed E-state index contributed by atoms with van der Waals surface area (Å²) in [7, 11) is 0. The largest absolute Gasteiger partial charge is 0.419 e. The predicted molar refractivity (Wildman–Crippen MR) is 63.2 cm³/mol. The van der Waals surface area contributed by atoms with Crippen molar-refractivity contribution in [3.05, 3.63) is 35.1 Å². The van der Waals surface area contributed by atoms with Crippen molar-refractivity contribution >= 4 is 5.78 Å². The average Bonchev–Trinajstić information content (AvgIpc) is 2.25. The summed E-state index contributed by atoms with van der Waals surface area (Å²) < 4.78 is 50.7. The number of halogens is 4. The number of ketones is 1. The van der Waals surface area contributed by atoms with Gasteiger partial charge in [0.1, 0.15) is 5.82 Å². The van der Waals surface area contributed by atoms with Crippen LogP contribution >= 0.6 is 0 Å². The fourth-order valence-corrected chi connectivity index (χ4v) is 1.47. The van der Waals surface area contributed by atoms with Gasteiger partial charge in [-0.1, -0.05) is 20.8 Å². The van der Waals surface area contributed by atoms with E-state index in [9.17, 15) is 22.4 Å². The minimum Gasteiger partial charge on any atom is -0.321 e. The van der Waals surface area contributed by atoms with Crippen LogP contribution in [0.4, 0.5) is 17.6 Å². The number of alkyl halides is 3. The van der Waals surface area contributed by atoms with Gasteiger partial charge in [0.25, 0.3) is 0 Å². The van der Waals surface area contributed by atoms with E-state index in [0.717, 1.165) is 6.07 Å². The van der Waals surface area contributed by atoms with Crippen molar-refractivity contribution in [3.63, 3.8) is 0 Å².